The van der Waals surface area contributed by atoms with Crippen molar-refractivity contribution in [3.8, 4) is 22.4 Å². The van der Waals surface area contributed by atoms with Crippen molar-refractivity contribution in [1.29, 1.82) is 0 Å². The highest BCUT2D eigenvalue weighted by Gasteiger charge is 2.31. The summed E-state index contributed by atoms with van der Waals surface area (Å²) in [6.07, 6.45) is -5.18. The lowest BCUT2D eigenvalue weighted by Crippen LogP contribution is -2.39. The number of nitrogens with one attached hydrogen (secondary N) is 1. The zero-order valence-corrected chi connectivity index (χ0v) is 30.9. The number of aromatic nitrogens is 1. The van der Waals surface area contributed by atoms with E-state index in [4.69, 9.17) is 35.2 Å². The first-order valence-corrected chi connectivity index (χ1v) is 17.9. The minimum atomic E-state index is -1.29. The number of aliphatic hydroxyl groups is 2. The highest BCUT2D eigenvalue weighted by atomic mass is 19.1. The van der Waals surface area contributed by atoms with Crippen LogP contribution in [0.15, 0.2) is 84.9 Å². The molecule has 3 aromatic carbocycles. The third-order valence-corrected chi connectivity index (χ3v) is 8.86. The molecule has 0 fully saturated rings. The largest absolute Gasteiger partial charge is 0.465 e. The average Bonchev–Trinajstić information content (AvgIpc) is 3.49. The number of para-hydroxylation sites is 1. The summed E-state index contributed by atoms with van der Waals surface area (Å²) in [5.74, 6) is -1.75. The zero-order chi connectivity index (χ0) is 40.1. The lowest BCUT2D eigenvalue weighted by atomic mass is 9.94. The average molecular weight is 769 g/mol. The number of amides is 1. The summed E-state index contributed by atoms with van der Waals surface area (Å²) in [5.41, 5.74) is 4.44. The molecular formula is C39H49FN4O11. The molecule has 0 aliphatic carbocycles. The lowest BCUT2D eigenvalue weighted by molar-refractivity contribution is -0.538. The standard InChI is InChI=1S/C39H49FN4O11/c1-4-32(54-43(49)50)33(55-44(51)52)20-22-53-34(47)24-31(46)23-30(45)19-21-42-37(25(2)3)36(39(48)41-29-13-9-6-10-14-29)35(26-11-7-5-8-12-26)38(42)27-15-17-28(40)18-16-27/h5-18,25,30-33,45-46,49-52H,4,19-24H2,1-3H3,(H,41,48). The quantitative estimate of drug-likeness (QED) is 0.0366. The van der Waals surface area contributed by atoms with Crippen LogP contribution in [0.4, 0.5) is 10.1 Å². The van der Waals surface area contributed by atoms with Crippen molar-refractivity contribution in [2.24, 2.45) is 0 Å². The second-order valence-electron chi connectivity index (χ2n) is 13.2. The van der Waals surface area contributed by atoms with Crippen LogP contribution in [0.1, 0.15) is 74.8 Å². The molecule has 0 aliphatic rings. The molecule has 4 rings (SSSR count). The van der Waals surface area contributed by atoms with Gasteiger partial charge < -0.3 is 24.8 Å². The van der Waals surface area contributed by atoms with E-state index in [0.717, 1.165) is 5.56 Å². The van der Waals surface area contributed by atoms with Crippen molar-refractivity contribution in [3.63, 3.8) is 0 Å². The number of esters is 1. The van der Waals surface area contributed by atoms with Crippen LogP contribution < -0.4 is 5.32 Å². The van der Waals surface area contributed by atoms with Crippen LogP contribution in [-0.2, 0) is 25.8 Å². The van der Waals surface area contributed by atoms with Crippen LogP contribution in [0, 0.1) is 5.82 Å². The predicted octanol–water partition coefficient (Wildman–Crippen LogP) is 6.33. The number of anilines is 1. The Labute approximate surface area is 318 Å². The molecule has 1 heterocycles. The molecule has 0 radical (unpaired) electrons. The summed E-state index contributed by atoms with van der Waals surface area (Å²) < 4.78 is 21.3. The molecule has 16 heteroatoms. The van der Waals surface area contributed by atoms with Crippen LogP contribution in [-0.4, -0.2) is 89.3 Å². The van der Waals surface area contributed by atoms with Crippen LogP contribution in [0.25, 0.3) is 22.4 Å². The van der Waals surface area contributed by atoms with Crippen LogP contribution >= 0.6 is 0 Å². The first-order valence-electron chi connectivity index (χ1n) is 17.9. The number of carbonyl (C=O) groups is 2. The van der Waals surface area contributed by atoms with Crippen LogP contribution in [0.2, 0.25) is 0 Å². The maximum Gasteiger partial charge on any atom is 0.308 e. The molecule has 1 aromatic heterocycles. The summed E-state index contributed by atoms with van der Waals surface area (Å²) in [5, 5.41) is 59.8. The molecule has 55 heavy (non-hydrogen) atoms. The molecule has 4 atom stereocenters. The molecular weight excluding hydrogens is 719 g/mol. The Bertz CT molecular complexity index is 1790. The molecule has 4 aromatic rings. The predicted molar refractivity (Wildman–Crippen MR) is 196 cm³/mol. The monoisotopic (exact) mass is 768 g/mol. The van der Waals surface area contributed by atoms with Crippen molar-refractivity contribution in [2.45, 2.75) is 89.8 Å². The van der Waals surface area contributed by atoms with Gasteiger partial charge in [-0.15, -0.1) is 0 Å². The van der Waals surface area contributed by atoms with E-state index in [1.54, 1.807) is 31.2 Å². The second kappa shape index (κ2) is 20.9. The highest BCUT2D eigenvalue weighted by Crippen LogP contribution is 2.42. The van der Waals surface area contributed by atoms with Gasteiger partial charge in [-0.3, -0.25) is 30.4 Å². The molecule has 15 nitrogen and oxygen atoms in total. The number of hydrogen-bond acceptors (Lipinski definition) is 13. The van der Waals surface area contributed by atoms with E-state index in [2.05, 4.69) is 5.32 Å². The van der Waals surface area contributed by atoms with Gasteiger partial charge in [-0.2, -0.15) is 0 Å². The Kier molecular flexibility index (Phi) is 16.4. The number of rotatable bonds is 21. The number of halogens is 1. The van der Waals surface area contributed by atoms with Gasteiger partial charge in [0.1, 0.15) is 18.0 Å². The van der Waals surface area contributed by atoms with Crippen molar-refractivity contribution in [1.82, 2.24) is 15.3 Å². The summed E-state index contributed by atoms with van der Waals surface area (Å²) >= 11 is 0. The zero-order valence-electron chi connectivity index (χ0n) is 30.9. The molecule has 1 amide bonds. The van der Waals surface area contributed by atoms with Crippen molar-refractivity contribution in [3.05, 3.63) is 102 Å². The van der Waals surface area contributed by atoms with Crippen molar-refractivity contribution < 1.29 is 59.4 Å². The third-order valence-electron chi connectivity index (χ3n) is 8.86. The first-order chi connectivity index (χ1) is 26.3. The Morgan fingerprint density at radius 1 is 0.800 bits per heavy atom. The van der Waals surface area contributed by atoms with E-state index < -0.39 is 53.4 Å². The van der Waals surface area contributed by atoms with Gasteiger partial charge >= 0.3 is 5.97 Å². The van der Waals surface area contributed by atoms with E-state index in [0.29, 0.717) is 33.8 Å². The fourth-order valence-electron chi connectivity index (χ4n) is 6.50. The van der Waals surface area contributed by atoms with Gasteiger partial charge in [-0.1, -0.05) is 69.3 Å². The van der Waals surface area contributed by atoms with E-state index in [-0.39, 0.29) is 50.7 Å². The fourth-order valence-corrected chi connectivity index (χ4v) is 6.50. The van der Waals surface area contributed by atoms with Crippen LogP contribution in [0.3, 0.4) is 0 Å². The molecule has 0 spiro atoms. The van der Waals surface area contributed by atoms with Gasteiger partial charge in [0.15, 0.2) is 0 Å². The van der Waals surface area contributed by atoms with Crippen molar-refractivity contribution in [2.75, 3.05) is 11.9 Å². The highest BCUT2D eigenvalue weighted by molar-refractivity contribution is 6.12. The Morgan fingerprint density at radius 3 is 1.98 bits per heavy atom. The lowest BCUT2D eigenvalue weighted by Gasteiger charge is -2.26. The summed E-state index contributed by atoms with van der Waals surface area (Å²) in [6, 6.07) is 24.4. The normalized spacial score (nSPS) is 13.9. The van der Waals surface area contributed by atoms with E-state index in [9.17, 15) is 24.2 Å². The number of carbonyl (C=O) groups excluding carboxylic acids is 2. The van der Waals surface area contributed by atoms with Gasteiger partial charge in [0.25, 0.3) is 5.91 Å². The maximum atomic E-state index is 14.3. The van der Waals surface area contributed by atoms with Gasteiger partial charge in [-0.05, 0) is 72.7 Å². The number of hydrogen-bond donors (Lipinski definition) is 7. The molecule has 0 saturated carbocycles. The van der Waals surface area contributed by atoms with Gasteiger partial charge in [0, 0.05) is 29.9 Å². The topological polar surface area (TPSA) is 207 Å². The van der Waals surface area contributed by atoms with Crippen LogP contribution in [0.5, 0.6) is 0 Å². The van der Waals surface area contributed by atoms with Crippen molar-refractivity contribution >= 4 is 17.6 Å². The molecule has 298 valence electrons. The Balaban J connectivity index is 1.55. The Hall–Kier alpha value is -4.59. The van der Waals surface area contributed by atoms with Gasteiger partial charge in [0.05, 0.1) is 47.3 Å². The maximum absolute atomic E-state index is 14.3. The molecule has 7 N–H and O–H groups in total. The first kappa shape index (κ1) is 43.1. The van der Waals surface area contributed by atoms with E-state index in [1.807, 2.05) is 66.9 Å². The number of aliphatic hydroxyl groups excluding tert-OH is 2. The van der Waals surface area contributed by atoms with E-state index >= 15 is 0 Å². The number of nitrogens with zero attached hydrogens (tertiary/aromatic N) is 3. The smallest absolute Gasteiger partial charge is 0.308 e. The Morgan fingerprint density at radius 2 is 1.40 bits per heavy atom. The molecule has 0 bridgehead atoms. The second-order valence-corrected chi connectivity index (χ2v) is 13.2. The fraction of sp³-hybridized carbons (Fsp3) is 0.385. The number of benzene rings is 3. The minimum absolute atomic E-state index is 0.117. The molecule has 4 unspecified atom stereocenters. The third kappa shape index (κ3) is 12.5. The summed E-state index contributed by atoms with van der Waals surface area (Å²) in [6.45, 7) is 5.41. The van der Waals surface area contributed by atoms with Gasteiger partial charge in [0.2, 0.25) is 0 Å². The molecule has 0 aliphatic heterocycles. The summed E-state index contributed by atoms with van der Waals surface area (Å²) in [4.78, 5) is 36.3. The molecule has 0 saturated heterocycles. The minimum Gasteiger partial charge on any atom is -0.465 e. The van der Waals surface area contributed by atoms with E-state index in [1.165, 1.54) is 12.1 Å². The van der Waals surface area contributed by atoms with Gasteiger partial charge in [-0.25, -0.2) is 14.1 Å². The SMILES string of the molecule is CCC(ON(O)O)C(CCOC(=O)CC(O)CC(O)CCn1c(-c2ccc(F)cc2)c(-c2ccccc2)c(C(=O)Nc2ccccc2)c1C(C)C)ON(O)O. The number of ether oxygens (including phenoxy) is 1. The summed E-state index contributed by atoms with van der Waals surface area (Å²) in [7, 11) is 0.